The Hall–Kier alpha value is -3.22. The average molecular weight is 311 g/mol. The molecule has 0 aliphatic rings. The lowest BCUT2D eigenvalue weighted by atomic mass is 10.3. The number of nitrogens with two attached hydrogens (primary N) is 1. The number of hydrogen-bond donors (Lipinski definition) is 3. The Bertz CT molecular complexity index is 757. The smallest absolute Gasteiger partial charge is 0.159 e. The first-order chi connectivity index (χ1) is 11.3. The molecule has 4 N–H and O–H groups in total. The first kappa shape index (κ1) is 14.7. The molecule has 3 aromatic rings. The summed E-state index contributed by atoms with van der Waals surface area (Å²) < 4.78 is 10.4. The van der Waals surface area contributed by atoms with Crippen molar-refractivity contribution in [3.05, 3.63) is 54.7 Å². The highest BCUT2D eigenvalue weighted by Crippen LogP contribution is 2.26. The first-order valence-corrected chi connectivity index (χ1v) is 7.04. The van der Waals surface area contributed by atoms with Gasteiger partial charge in [-0.15, -0.1) is 0 Å². The van der Waals surface area contributed by atoms with Crippen molar-refractivity contribution in [2.75, 3.05) is 23.5 Å². The van der Waals surface area contributed by atoms with Crippen LogP contribution in [0.5, 0.6) is 5.75 Å². The third-order valence-electron chi connectivity index (χ3n) is 3.25. The van der Waals surface area contributed by atoms with Gasteiger partial charge in [0.05, 0.1) is 19.9 Å². The summed E-state index contributed by atoms with van der Waals surface area (Å²) in [4.78, 5) is 8.34. The number of furan rings is 1. The molecule has 0 aliphatic carbocycles. The fourth-order valence-electron chi connectivity index (χ4n) is 2.03. The molecule has 0 aliphatic heterocycles. The number of nitrogen functional groups attached to an aromatic ring is 1. The minimum Gasteiger partial charge on any atom is -0.497 e. The van der Waals surface area contributed by atoms with E-state index < -0.39 is 0 Å². The van der Waals surface area contributed by atoms with Crippen molar-refractivity contribution in [2.24, 2.45) is 0 Å². The van der Waals surface area contributed by atoms with Crippen molar-refractivity contribution < 1.29 is 9.15 Å². The molecule has 0 amide bonds. The van der Waals surface area contributed by atoms with Crippen LogP contribution in [0.15, 0.2) is 53.4 Å². The quantitative estimate of drug-likeness (QED) is 0.643. The summed E-state index contributed by atoms with van der Waals surface area (Å²) >= 11 is 0. The molecule has 0 fully saturated rings. The summed E-state index contributed by atoms with van der Waals surface area (Å²) in [5.41, 5.74) is 7.42. The van der Waals surface area contributed by atoms with Crippen LogP contribution in [0.3, 0.4) is 0 Å². The maximum atomic E-state index is 6.12. The van der Waals surface area contributed by atoms with Crippen LogP contribution < -0.4 is 21.1 Å². The van der Waals surface area contributed by atoms with Gasteiger partial charge in [-0.25, -0.2) is 9.97 Å². The Morgan fingerprint density at radius 1 is 1.13 bits per heavy atom. The predicted octanol–water partition coefficient (Wildman–Crippen LogP) is 3.02. The van der Waals surface area contributed by atoms with E-state index in [2.05, 4.69) is 20.6 Å². The minimum absolute atomic E-state index is 0.440. The van der Waals surface area contributed by atoms with E-state index in [0.717, 1.165) is 17.2 Å². The lowest BCUT2D eigenvalue weighted by Crippen LogP contribution is -2.07. The molecule has 0 saturated carbocycles. The van der Waals surface area contributed by atoms with Gasteiger partial charge in [-0.3, -0.25) is 0 Å². The molecule has 2 heterocycles. The molecular weight excluding hydrogens is 294 g/mol. The van der Waals surface area contributed by atoms with Crippen molar-refractivity contribution in [1.29, 1.82) is 0 Å². The van der Waals surface area contributed by atoms with Crippen molar-refractivity contribution in [3.63, 3.8) is 0 Å². The third kappa shape index (κ3) is 3.52. The van der Waals surface area contributed by atoms with Gasteiger partial charge in [0.15, 0.2) is 11.6 Å². The maximum Gasteiger partial charge on any atom is 0.159 e. The van der Waals surface area contributed by atoms with Gasteiger partial charge in [0.2, 0.25) is 0 Å². The number of aromatic nitrogens is 2. The van der Waals surface area contributed by atoms with Gasteiger partial charge >= 0.3 is 0 Å². The summed E-state index contributed by atoms with van der Waals surface area (Å²) in [5, 5.41) is 6.29. The highest BCUT2D eigenvalue weighted by molar-refractivity contribution is 5.77. The average Bonchev–Trinajstić information content (AvgIpc) is 3.10. The molecule has 2 aromatic heterocycles. The van der Waals surface area contributed by atoms with Gasteiger partial charge in [0, 0.05) is 5.69 Å². The zero-order valence-corrected chi connectivity index (χ0v) is 12.6. The molecule has 3 rings (SSSR count). The van der Waals surface area contributed by atoms with Crippen LogP contribution in [-0.2, 0) is 6.54 Å². The predicted molar refractivity (Wildman–Crippen MR) is 88.8 cm³/mol. The van der Waals surface area contributed by atoms with Gasteiger partial charge in [0.25, 0.3) is 0 Å². The highest BCUT2D eigenvalue weighted by Gasteiger charge is 2.09. The second kappa shape index (κ2) is 6.69. The van der Waals surface area contributed by atoms with Gasteiger partial charge in [-0.05, 0) is 36.4 Å². The molecule has 7 nitrogen and oxygen atoms in total. The van der Waals surface area contributed by atoms with Crippen molar-refractivity contribution >= 4 is 23.0 Å². The van der Waals surface area contributed by atoms with Crippen LogP contribution in [0.25, 0.3) is 0 Å². The van der Waals surface area contributed by atoms with Crippen LogP contribution in [0, 0.1) is 0 Å². The Morgan fingerprint density at radius 2 is 1.91 bits per heavy atom. The Balaban J connectivity index is 1.73. The highest BCUT2D eigenvalue weighted by atomic mass is 16.5. The second-order valence-electron chi connectivity index (χ2n) is 4.77. The molecule has 0 atom stereocenters. The lowest BCUT2D eigenvalue weighted by molar-refractivity contribution is 0.415. The van der Waals surface area contributed by atoms with Crippen LogP contribution in [0.1, 0.15) is 5.76 Å². The molecule has 0 saturated heterocycles. The fourth-order valence-corrected chi connectivity index (χ4v) is 2.03. The van der Waals surface area contributed by atoms with Crippen molar-refractivity contribution in [3.8, 4) is 5.75 Å². The van der Waals surface area contributed by atoms with Gasteiger partial charge < -0.3 is 25.5 Å². The van der Waals surface area contributed by atoms with Gasteiger partial charge in [-0.1, -0.05) is 0 Å². The molecule has 1 aromatic carbocycles. The summed E-state index contributed by atoms with van der Waals surface area (Å²) in [6, 6.07) is 11.2. The largest absolute Gasteiger partial charge is 0.497 e. The summed E-state index contributed by atoms with van der Waals surface area (Å²) in [6.07, 6.45) is 3.07. The van der Waals surface area contributed by atoms with E-state index in [1.165, 1.54) is 6.33 Å². The van der Waals surface area contributed by atoms with Crippen molar-refractivity contribution in [2.45, 2.75) is 6.54 Å². The molecule has 0 unspecified atom stereocenters. The van der Waals surface area contributed by atoms with Crippen molar-refractivity contribution in [1.82, 2.24) is 9.97 Å². The number of benzene rings is 1. The Kier molecular flexibility index (Phi) is 4.28. The summed E-state index contributed by atoms with van der Waals surface area (Å²) in [5.74, 6) is 2.67. The topological polar surface area (TPSA) is 98.2 Å². The Labute approximate surface area is 133 Å². The number of methoxy groups -OCH3 is 1. The van der Waals surface area contributed by atoms with E-state index >= 15 is 0 Å². The van der Waals surface area contributed by atoms with E-state index in [0.29, 0.717) is 23.9 Å². The zero-order chi connectivity index (χ0) is 16.1. The van der Waals surface area contributed by atoms with Crippen LogP contribution in [0.2, 0.25) is 0 Å². The normalized spacial score (nSPS) is 10.3. The molecule has 118 valence electrons. The number of hydrogen-bond acceptors (Lipinski definition) is 7. The number of nitrogens with one attached hydrogen (secondary N) is 2. The lowest BCUT2D eigenvalue weighted by Gasteiger charge is -2.12. The molecular formula is C16H17N5O2. The number of ether oxygens (including phenoxy) is 1. The minimum atomic E-state index is 0.440. The SMILES string of the molecule is COc1ccc(Nc2ncnc(NCc3ccco3)c2N)cc1. The Morgan fingerprint density at radius 3 is 2.61 bits per heavy atom. The maximum absolute atomic E-state index is 6.12. The third-order valence-corrected chi connectivity index (χ3v) is 3.25. The number of nitrogens with zero attached hydrogens (tertiary/aromatic N) is 2. The number of rotatable bonds is 6. The molecule has 23 heavy (non-hydrogen) atoms. The summed E-state index contributed by atoms with van der Waals surface area (Å²) in [6.45, 7) is 0.496. The van der Waals surface area contributed by atoms with Crippen LogP contribution in [0.4, 0.5) is 23.0 Å². The fraction of sp³-hybridized carbons (Fsp3) is 0.125. The monoisotopic (exact) mass is 311 g/mol. The number of anilines is 4. The molecule has 0 bridgehead atoms. The van der Waals surface area contributed by atoms with E-state index in [9.17, 15) is 0 Å². The van der Waals surface area contributed by atoms with Gasteiger partial charge in [0.1, 0.15) is 23.5 Å². The zero-order valence-electron chi connectivity index (χ0n) is 12.6. The van der Waals surface area contributed by atoms with E-state index in [-0.39, 0.29) is 0 Å². The molecule has 7 heteroatoms. The van der Waals surface area contributed by atoms with E-state index in [4.69, 9.17) is 14.9 Å². The molecule has 0 radical (unpaired) electrons. The molecule has 0 spiro atoms. The summed E-state index contributed by atoms with van der Waals surface area (Å²) in [7, 11) is 1.63. The van der Waals surface area contributed by atoms with Gasteiger partial charge in [-0.2, -0.15) is 0 Å². The van der Waals surface area contributed by atoms with Crippen LogP contribution >= 0.6 is 0 Å². The van der Waals surface area contributed by atoms with E-state index in [1.807, 2.05) is 36.4 Å². The second-order valence-corrected chi connectivity index (χ2v) is 4.77. The van der Waals surface area contributed by atoms with Crippen LogP contribution in [-0.4, -0.2) is 17.1 Å². The van der Waals surface area contributed by atoms with E-state index in [1.54, 1.807) is 13.4 Å². The standard InChI is InChI=1S/C16H17N5O2/c1-22-12-6-4-11(5-7-12)21-16-14(17)15(19-10-20-16)18-9-13-3-2-8-23-13/h2-8,10H,9,17H2,1H3,(H2,18,19,20,21). The first-order valence-electron chi connectivity index (χ1n) is 7.04.